The summed E-state index contributed by atoms with van der Waals surface area (Å²) in [6.45, 7) is 12.1. The van der Waals surface area contributed by atoms with E-state index in [-0.39, 0.29) is 6.09 Å². The molecule has 1 N–H and O–H groups in total. The number of fused-ring (bicyclic) bond motifs is 1. The largest absolute Gasteiger partial charge is 0.444 e. The Balaban J connectivity index is 2.04. The quantitative estimate of drug-likeness (QED) is 0.901. The summed E-state index contributed by atoms with van der Waals surface area (Å²) in [6.07, 6.45) is 0.617. The zero-order chi connectivity index (χ0) is 14.9. The molecule has 0 bridgehead atoms. The van der Waals surface area contributed by atoms with Crippen LogP contribution < -0.4 is 5.32 Å². The van der Waals surface area contributed by atoms with Crippen LogP contribution in [0.1, 0.15) is 45.1 Å². The Morgan fingerprint density at radius 2 is 2.15 bits per heavy atom. The Morgan fingerprint density at radius 3 is 2.75 bits per heavy atom. The van der Waals surface area contributed by atoms with Crippen molar-refractivity contribution in [1.82, 2.24) is 4.90 Å². The smallest absolute Gasteiger partial charge is 0.412 e. The monoisotopic (exact) mass is 296 g/mol. The summed E-state index contributed by atoms with van der Waals surface area (Å²) in [5.41, 5.74) is 1.73. The molecule has 0 aliphatic carbocycles. The number of amides is 1. The summed E-state index contributed by atoms with van der Waals surface area (Å²) in [4.78, 5) is 15.7. The maximum absolute atomic E-state index is 11.8. The summed E-state index contributed by atoms with van der Waals surface area (Å²) in [7, 11) is 0. The molecule has 0 aromatic carbocycles. The van der Waals surface area contributed by atoms with Gasteiger partial charge in [0.1, 0.15) is 5.60 Å². The predicted octanol–water partition coefficient (Wildman–Crippen LogP) is 3.86. The van der Waals surface area contributed by atoms with E-state index >= 15 is 0 Å². The molecule has 1 aromatic rings. The fraction of sp³-hybridized carbons (Fsp3) is 0.667. The van der Waals surface area contributed by atoms with Crippen molar-refractivity contribution in [1.29, 1.82) is 0 Å². The number of carbonyl (C=O) groups excluding carboxylic acids is 1. The molecule has 0 atom stereocenters. The van der Waals surface area contributed by atoms with Gasteiger partial charge in [-0.25, -0.2) is 4.79 Å². The molecule has 5 heteroatoms. The van der Waals surface area contributed by atoms with Crippen LogP contribution in [0, 0.1) is 0 Å². The summed E-state index contributed by atoms with van der Waals surface area (Å²) in [6, 6.07) is 0.563. The normalized spacial score (nSPS) is 16.1. The van der Waals surface area contributed by atoms with Gasteiger partial charge in [-0.2, -0.15) is 0 Å². The van der Waals surface area contributed by atoms with Gasteiger partial charge in [0.05, 0.1) is 5.69 Å². The van der Waals surface area contributed by atoms with E-state index < -0.39 is 5.60 Å². The highest BCUT2D eigenvalue weighted by Gasteiger charge is 2.24. The van der Waals surface area contributed by atoms with Crippen molar-refractivity contribution in [2.75, 3.05) is 11.9 Å². The van der Waals surface area contributed by atoms with Crippen molar-refractivity contribution < 1.29 is 9.53 Å². The van der Waals surface area contributed by atoms with Crippen molar-refractivity contribution in [2.24, 2.45) is 0 Å². The number of hydrogen-bond acceptors (Lipinski definition) is 4. The zero-order valence-corrected chi connectivity index (χ0v) is 13.8. The Hall–Kier alpha value is -1.07. The Kier molecular flexibility index (Phi) is 4.39. The van der Waals surface area contributed by atoms with Crippen molar-refractivity contribution in [3.63, 3.8) is 0 Å². The minimum Gasteiger partial charge on any atom is -0.444 e. The Labute approximate surface area is 125 Å². The highest BCUT2D eigenvalue weighted by atomic mass is 32.1. The number of ether oxygens (including phenoxy) is 1. The molecule has 20 heavy (non-hydrogen) atoms. The van der Waals surface area contributed by atoms with Crippen LogP contribution in [0.5, 0.6) is 0 Å². The molecule has 0 saturated heterocycles. The number of nitrogens with one attached hydrogen (secondary N) is 1. The molecule has 2 rings (SSSR count). The van der Waals surface area contributed by atoms with Gasteiger partial charge >= 0.3 is 6.09 Å². The average Bonchev–Trinajstić information content (AvgIpc) is 2.69. The molecule has 0 fully saturated rings. The molecular formula is C15H24N2O2S. The van der Waals surface area contributed by atoms with Crippen LogP contribution in [0.15, 0.2) is 5.38 Å². The maximum Gasteiger partial charge on any atom is 0.412 e. The van der Waals surface area contributed by atoms with Gasteiger partial charge in [-0.3, -0.25) is 10.2 Å². The minimum atomic E-state index is -0.464. The molecular weight excluding hydrogens is 272 g/mol. The number of thiophene rings is 1. The second-order valence-electron chi connectivity index (χ2n) is 6.49. The van der Waals surface area contributed by atoms with E-state index in [1.807, 2.05) is 26.2 Å². The fourth-order valence-electron chi connectivity index (χ4n) is 2.31. The van der Waals surface area contributed by atoms with Crippen molar-refractivity contribution in [3.05, 3.63) is 15.8 Å². The summed E-state index contributed by atoms with van der Waals surface area (Å²) in [5.74, 6) is 0. The summed E-state index contributed by atoms with van der Waals surface area (Å²) in [5, 5.41) is 4.91. The minimum absolute atomic E-state index is 0.371. The lowest BCUT2D eigenvalue weighted by atomic mass is 10.1. The van der Waals surface area contributed by atoms with Gasteiger partial charge in [-0.1, -0.05) is 0 Å². The number of rotatable bonds is 2. The third-order valence-electron chi connectivity index (χ3n) is 3.34. The number of carbonyl (C=O) groups is 1. The fourth-order valence-corrected chi connectivity index (χ4v) is 3.36. The van der Waals surface area contributed by atoms with E-state index in [0.29, 0.717) is 6.04 Å². The van der Waals surface area contributed by atoms with Crippen LogP contribution >= 0.6 is 11.3 Å². The third-order valence-corrected chi connectivity index (χ3v) is 4.36. The first kappa shape index (κ1) is 15.3. The van der Waals surface area contributed by atoms with Crippen LogP contribution in [0.2, 0.25) is 0 Å². The lowest BCUT2D eigenvalue weighted by Crippen LogP contribution is -2.35. The Morgan fingerprint density at radius 1 is 1.45 bits per heavy atom. The number of hydrogen-bond donors (Lipinski definition) is 1. The van der Waals surface area contributed by atoms with Crippen LogP contribution in [-0.4, -0.2) is 29.2 Å². The van der Waals surface area contributed by atoms with Gasteiger partial charge in [-0.05, 0) is 46.6 Å². The molecule has 1 aliphatic heterocycles. The van der Waals surface area contributed by atoms with Crippen molar-refractivity contribution in [3.8, 4) is 0 Å². The maximum atomic E-state index is 11.8. The third kappa shape index (κ3) is 3.73. The number of anilines is 1. The SMILES string of the molecule is CC(C)N1CCc2c(NC(=O)OC(C)(C)C)csc2C1. The molecule has 1 amide bonds. The molecule has 2 heterocycles. The molecule has 0 unspecified atom stereocenters. The first-order valence-electron chi connectivity index (χ1n) is 7.09. The van der Waals surface area contributed by atoms with Crippen molar-refractivity contribution in [2.45, 2.75) is 59.2 Å². The van der Waals surface area contributed by atoms with Gasteiger partial charge < -0.3 is 4.74 Å². The van der Waals surface area contributed by atoms with E-state index in [2.05, 4.69) is 24.1 Å². The van der Waals surface area contributed by atoms with Gasteiger partial charge in [0.25, 0.3) is 0 Å². The lowest BCUT2D eigenvalue weighted by Gasteiger charge is -2.30. The van der Waals surface area contributed by atoms with Crippen LogP contribution in [0.3, 0.4) is 0 Å². The molecule has 1 aromatic heterocycles. The summed E-state index contributed by atoms with van der Waals surface area (Å²) >= 11 is 1.72. The van der Waals surface area contributed by atoms with E-state index in [1.54, 1.807) is 11.3 Å². The molecule has 4 nitrogen and oxygen atoms in total. The van der Waals surface area contributed by atoms with E-state index in [4.69, 9.17) is 4.74 Å². The molecule has 0 spiro atoms. The average molecular weight is 296 g/mol. The molecule has 0 saturated carbocycles. The van der Waals surface area contributed by atoms with E-state index in [1.165, 1.54) is 10.4 Å². The first-order valence-corrected chi connectivity index (χ1v) is 7.97. The standard InChI is InChI=1S/C15H24N2O2S/c1-10(2)17-7-6-11-12(9-20-13(11)8-17)16-14(18)19-15(3,4)5/h9-10H,6-8H2,1-5H3,(H,16,18). The lowest BCUT2D eigenvalue weighted by molar-refractivity contribution is 0.0635. The highest BCUT2D eigenvalue weighted by Crippen LogP contribution is 2.33. The highest BCUT2D eigenvalue weighted by molar-refractivity contribution is 7.10. The molecule has 0 radical (unpaired) electrons. The molecule has 1 aliphatic rings. The van der Waals surface area contributed by atoms with Crippen molar-refractivity contribution >= 4 is 23.1 Å². The van der Waals surface area contributed by atoms with E-state index in [0.717, 1.165) is 25.2 Å². The van der Waals surface area contributed by atoms with Gasteiger partial charge in [0, 0.05) is 29.4 Å². The van der Waals surface area contributed by atoms with E-state index in [9.17, 15) is 4.79 Å². The van der Waals surface area contributed by atoms with Gasteiger partial charge in [0.2, 0.25) is 0 Å². The van der Waals surface area contributed by atoms with Crippen LogP contribution in [0.4, 0.5) is 10.5 Å². The first-order chi connectivity index (χ1) is 9.26. The predicted molar refractivity (Wildman–Crippen MR) is 83.4 cm³/mol. The van der Waals surface area contributed by atoms with Crippen LogP contribution in [0.25, 0.3) is 0 Å². The van der Waals surface area contributed by atoms with Crippen LogP contribution in [-0.2, 0) is 17.7 Å². The Bertz CT molecular complexity index is 489. The zero-order valence-electron chi connectivity index (χ0n) is 12.9. The van der Waals surface area contributed by atoms with Gasteiger partial charge in [-0.15, -0.1) is 11.3 Å². The molecule has 112 valence electrons. The summed E-state index contributed by atoms with van der Waals surface area (Å²) < 4.78 is 5.31. The second kappa shape index (κ2) is 5.74. The second-order valence-corrected chi connectivity index (χ2v) is 7.46. The van der Waals surface area contributed by atoms with Gasteiger partial charge in [0.15, 0.2) is 0 Å². The topological polar surface area (TPSA) is 41.6 Å². The number of nitrogens with zero attached hydrogens (tertiary/aromatic N) is 1.